The summed E-state index contributed by atoms with van der Waals surface area (Å²) in [5, 5.41) is 3.15. The number of hydrogen-bond acceptors (Lipinski definition) is 3. The van der Waals surface area contributed by atoms with Crippen molar-refractivity contribution < 1.29 is 9.47 Å². The zero-order chi connectivity index (χ0) is 15.4. The molecule has 5 heteroatoms. The highest BCUT2D eigenvalue weighted by molar-refractivity contribution is 5.77. The second-order valence-corrected chi connectivity index (χ2v) is 5.77. The molecule has 0 aromatic heterocycles. The molecule has 0 unspecified atom stereocenters. The van der Waals surface area contributed by atoms with E-state index in [-0.39, 0.29) is 5.60 Å². The number of ether oxygens (including phenoxy) is 2. The molecule has 0 saturated heterocycles. The third-order valence-electron chi connectivity index (χ3n) is 3.89. The highest BCUT2D eigenvalue weighted by Gasteiger charge is 2.32. The van der Waals surface area contributed by atoms with Crippen molar-refractivity contribution in [2.24, 2.45) is 10.7 Å². The fraction of sp³-hybridized carbons (Fsp3) is 0.938. The molecule has 0 radical (unpaired) electrons. The van der Waals surface area contributed by atoms with Gasteiger partial charge in [-0.2, -0.15) is 0 Å². The van der Waals surface area contributed by atoms with Crippen molar-refractivity contribution in [1.29, 1.82) is 0 Å². The summed E-state index contributed by atoms with van der Waals surface area (Å²) >= 11 is 0. The first-order chi connectivity index (χ1) is 10.2. The van der Waals surface area contributed by atoms with E-state index < -0.39 is 0 Å². The summed E-state index contributed by atoms with van der Waals surface area (Å²) in [6.45, 7) is 7.98. The number of nitrogens with two attached hydrogens (primary N) is 1. The van der Waals surface area contributed by atoms with Crippen molar-refractivity contribution in [3.05, 3.63) is 0 Å². The Morgan fingerprint density at radius 1 is 1.19 bits per heavy atom. The van der Waals surface area contributed by atoms with E-state index in [1.54, 1.807) is 0 Å². The molecule has 5 nitrogen and oxygen atoms in total. The number of nitrogens with zero attached hydrogens (tertiary/aromatic N) is 1. The van der Waals surface area contributed by atoms with Gasteiger partial charge in [0.1, 0.15) is 0 Å². The van der Waals surface area contributed by atoms with Gasteiger partial charge in [0, 0.05) is 26.4 Å². The molecule has 0 aliphatic heterocycles. The van der Waals surface area contributed by atoms with Crippen LogP contribution >= 0.6 is 0 Å². The molecule has 0 spiro atoms. The summed E-state index contributed by atoms with van der Waals surface area (Å²) < 4.78 is 11.4. The number of rotatable bonds is 10. The van der Waals surface area contributed by atoms with E-state index in [9.17, 15) is 0 Å². The first kappa shape index (κ1) is 18.2. The van der Waals surface area contributed by atoms with Crippen LogP contribution < -0.4 is 11.1 Å². The molecule has 1 saturated carbocycles. The van der Waals surface area contributed by atoms with Crippen molar-refractivity contribution in [3.8, 4) is 0 Å². The van der Waals surface area contributed by atoms with Crippen LogP contribution in [0.1, 0.15) is 58.8 Å². The van der Waals surface area contributed by atoms with Crippen molar-refractivity contribution in [3.63, 3.8) is 0 Å². The lowest BCUT2D eigenvalue weighted by Crippen LogP contribution is -2.41. The summed E-state index contributed by atoms with van der Waals surface area (Å²) in [5.74, 6) is 0.525. The molecule has 124 valence electrons. The Morgan fingerprint density at radius 2 is 1.95 bits per heavy atom. The maximum atomic E-state index is 6.12. The lowest BCUT2D eigenvalue weighted by molar-refractivity contribution is -0.0624. The molecule has 3 N–H and O–H groups in total. The smallest absolute Gasteiger partial charge is 0.188 e. The summed E-state index contributed by atoms with van der Waals surface area (Å²) in [6, 6.07) is 0. The van der Waals surface area contributed by atoms with E-state index in [4.69, 9.17) is 15.2 Å². The number of hydrogen-bond donors (Lipinski definition) is 2. The fourth-order valence-corrected chi connectivity index (χ4v) is 2.68. The highest BCUT2D eigenvalue weighted by Crippen LogP contribution is 2.32. The monoisotopic (exact) mass is 299 g/mol. The van der Waals surface area contributed by atoms with Crippen molar-refractivity contribution >= 4 is 5.96 Å². The Kier molecular flexibility index (Phi) is 9.42. The minimum Gasteiger partial charge on any atom is -0.382 e. The van der Waals surface area contributed by atoms with Gasteiger partial charge in [0.15, 0.2) is 5.96 Å². The van der Waals surface area contributed by atoms with Gasteiger partial charge in [-0.15, -0.1) is 0 Å². The molecule has 1 aliphatic carbocycles. The van der Waals surface area contributed by atoms with Gasteiger partial charge in [-0.25, -0.2) is 0 Å². The van der Waals surface area contributed by atoms with Gasteiger partial charge in [0.2, 0.25) is 0 Å². The van der Waals surface area contributed by atoms with Gasteiger partial charge in [-0.05, 0) is 32.6 Å². The van der Waals surface area contributed by atoms with Gasteiger partial charge in [0.25, 0.3) is 0 Å². The molecular weight excluding hydrogens is 266 g/mol. The average molecular weight is 299 g/mol. The first-order valence-corrected chi connectivity index (χ1v) is 8.48. The van der Waals surface area contributed by atoms with Crippen LogP contribution in [0.4, 0.5) is 0 Å². The van der Waals surface area contributed by atoms with Crippen LogP contribution in [0.3, 0.4) is 0 Å². The van der Waals surface area contributed by atoms with Crippen LogP contribution in [0, 0.1) is 0 Å². The molecule has 0 atom stereocenters. The number of nitrogens with one attached hydrogen (secondary N) is 1. The first-order valence-electron chi connectivity index (χ1n) is 8.48. The van der Waals surface area contributed by atoms with Gasteiger partial charge in [-0.3, -0.25) is 4.99 Å². The van der Waals surface area contributed by atoms with E-state index in [1.807, 2.05) is 6.92 Å². The van der Waals surface area contributed by atoms with Gasteiger partial charge >= 0.3 is 0 Å². The SMILES string of the molecule is CCCOC1(CN=C(N)NCCCOCC)CCCCC1. The lowest BCUT2D eigenvalue weighted by Gasteiger charge is -2.36. The summed E-state index contributed by atoms with van der Waals surface area (Å²) in [5.41, 5.74) is 5.86. The molecular formula is C16H33N3O2. The highest BCUT2D eigenvalue weighted by atomic mass is 16.5. The van der Waals surface area contributed by atoms with Crippen LogP contribution in [0.2, 0.25) is 0 Å². The second kappa shape index (κ2) is 10.9. The fourth-order valence-electron chi connectivity index (χ4n) is 2.68. The zero-order valence-corrected chi connectivity index (χ0v) is 13.8. The molecule has 1 aliphatic rings. The van der Waals surface area contributed by atoms with Gasteiger partial charge < -0.3 is 20.5 Å². The Morgan fingerprint density at radius 3 is 2.62 bits per heavy atom. The molecule has 21 heavy (non-hydrogen) atoms. The van der Waals surface area contributed by atoms with E-state index in [0.717, 1.165) is 52.0 Å². The lowest BCUT2D eigenvalue weighted by atomic mass is 9.84. The average Bonchev–Trinajstić information content (AvgIpc) is 2.52. The topological polar surface area (TPSA) is 68.9 Å². The second-order valence-electron chi connectivity index (χ2n) is 5.77. The van der Waals surface area contributed by atoms with Crippen LogP contribution in [0.5, 0.6) is 0 Å². The van der Waals surface area contributed by atoms with E-state index in [2.05, 4.69) is 17.2 Å². The number of guanidine groups is 1. The molecule has 1 fully saturated rings. The normalized spacial score (nSPS) is 18.7. The molecule has 0 bridgehead atoms. The number of aliphatic imine (C=N–C) groups is 1. The molecule has 1 rings (SSSR count). The third kappa shape index (κ3) is 7.67. The Bertz CT molecular complexity index is 289. The summed E-state index contributed by atoms with van der Waals surface area (Å²) in [7, 11) is 0. The Labute approximate surface area is 129 Å². The molecule has 0 aromatic carbocycles. The van der Waals surface area contributed by atoms with E-state index in [1.165, 1.54) is 19.3 Å². The molecule has 0 aromatic rings. The standard InChI is InChI=1S/C16H33N3O2/c1-3-12-21-16(9-6-5-7-10-16)14-19-15(17)18-11-8-13-20-4-2/h3-14H2,1-2H3,(H3,17,18,19). The van der Waals surface area contributed by atoms with Crippen LogP contribution in [0.25, 0.3) is 0 Å². The largest absolute Gasteiger partial charge is 0.382 e. The van der Waals surface area contributed by atoms with Gasteiger partial charge in [-0.1, -0.05) is 26.2 Å². The molecule has 0 amide bonds. The van der Waals surface area contributed by atoms with Crippen molar-refractivity contribution in [2.45, 2.75) is 64.4 Å². The minimum absolute atomic E-state index is 0.0775. The quantitative estimate of drug-likeness (QED) is 0.369. The third-order valence-corrected chi connectivity index (χ3v) is 3.89. The predicted octanol–water partition coefficient (Wildman–Crippen LogP) is 2.45. The zero-order valence-electron chi connectivity index (χ0n) is 13.8. The summed E-state index contributed by atoms with van der Waals surface area (Å²) in [6.07, 6.45) is 7.99. The minimum atomic E-state index is -0.0775. The van der Waals surface area contributed by atoms with Gasteiger partial charge in [0.05, 0.1) is 12.1 Å². The van der Waals surface area contributed by atoms with Crippen LogP contribution in [-0.4, -0.2) is 44.5 Å². The van der Waals surface area contributed by atoms with Crippen molar-refractivity contribution in [2.75, 3.05) is 32.9 Å². The van der Waals surface area contributed by atoms with E-state index >= 15 is 0 Å². The Hall–Kier alpha value is -0.810. The maximum absolute atomic E-state index is 6.12. The van der Waals surface area contributed by atoms with E-state index in [0.29, 0.717) is 12.5 Å². The summed E-state index contributed by atoms with van der Waals surface area (Å²) in [4.78, 5) is 4.51. The van der Waals surface area contributed by atoms with Crippen LogP contribution in [-0.2, 0) is 9.47 Å². The Balaban J connectivity index is 2.34. The predicted molar refractivity (Wildman–Crippen MR) is 87.7 cm³/mol. The van der Waals surface area contributed by atoms with Crippen LogP contribution in [0.15, 0.2) is 4.99 Å². The maximum Gasteiger partial charge on any atom is 0.188 e. The van der Waals surface area contributed by atoms with Crippen molar-refractivity contribution in [1.82, 2.24) is 5.32 Å². The molecule has 0 heterocycles.